The molecular formula is C19H26N2O5. The third-order valence-corrected chi connectivity index (χ3v) is 5.65. The van der Waals surface area contributed by atoms with Crippen molar-refractivity contribution in [2.45, 2.75) is 44.3 Å². The van der Waals surface area contributed by atoms with Crippen molar-refractivity contribution in [2.75, 3.05) is 39.4 Å². The van der Waals surface area contributed by atoms with E-state index in [1.807, 2.05) is 11.8 Å². The SMILES string of the molecule is Cc1ccoc1C(=O)N1CC2(CC(OCC(=O)N3CCCC3)CCO2)C1. The number of hydrogen-bond donors (Lipinski definition) is 0. The average Bonchev–Trinajstić information content (AvgIpc) is 3.29. The first-order chi connectivity index (χ1) is 12.6. The summed E-state index contributed by atoms with van der Waals surface area (Å²) in [6.07, 6.45) is 5.24. The van der Waals surface area contributed by atoms with Crippen LogP contribution >= 0.6 is 0 Å². The molecule has 26 heavy (non-hydrogen) atoms. The van der Waals surface area contributed by atoms with Gasteiger partial charge >= 0.3 is 0 Å². The molecule has 0 aromatic carbocycles. The number of rotatable bonds is 4. The highest BCUT2D eigenvalue weighted by molar-refractivity contribution is 5.93. The predicted octanol–water partition coefficient (Wildman–Crippen LogP) is 1.60. The second kappa shape index (κ2) is 7.04. The summed E-state index contributed by atoms with van der Waals surface area (Å²) in [6.45, 7) is 5.41. The van der Waals surface area contributed by atoms with Crippen LogP contribution in [0.1, 0.15) is 41.8 Å². The zero-order valence-corrected chi connectivity index (χ0v) is 15.2. The number of aryl methyl sites for hydroxylation is 1. The van der Waals surface area contributed by atoms with Gasteiger partial charge in [0.15, 0.2) is 5.76 Å². The minimum Gasteiger partial charge on any atom is -0.459 e. The lowest BCUT2D eigenvalue weighted by atomic mass is 9.84. The Morgan fingerprint density at radius 1 is 1.27 bits per heavy atom. The number of likely N-dealkylation sites (tertiary alicyclic amines) is 2. The highest BCUT2D eigenvalue weighted by atomic mass is 16.5. The summed E-state index contributed by atoms with van der Waals surface area (Å²) in [5.74, 6) is 0.399. The highest BCUT2D eigenvalue weighted by Gasteiger charge is 2.50. The lowest BCUT2D eigenvalue weighted by Crippen LogP contribution is -2.67. The third-order valence-electron chi connectivity index (χ3n) is 5.65. The molecule has 1 atom stereocenters. The van der Waals surface area contributed by atoms with Crippen molar-refractivity contribution < 1.29 is 23.5 Å². The second-order valence-electron chi connectivity index (χ2n) is 7.64. The van der Waals surface area contributed by atoms with Crippen molar-refractivity contribution in [3.05, 3.63) is 23.7 Å². The first kappa shape index (κ1) is 17.5. The molecular weight excluding hydrogens is 336 g/mol. The van der Waals surface area contributed by atoms with Crippen molar-refractivity contribution >= 4 is 11.8 Å². The largest absolute Gasteiger partial charge is 0.459 e. The molecule has 1 aromatic rings. The number of hydrogen-bond acceptors (Lipinski definition) is 5. The summed E-state index contributed by atoms with van der Waals surface area (Å²) in [4.78, 5) is 28.3. The molecule has 4 rings (SSSR count). The third kappa shape index (κ3) is 3.38. The van der Waals surface area contributed by atoms with E-state index >= 15 is 0 Å². The monoisotopic (exact) mass is 362 g/mol. The van der Waals surface area contributed by atoms with E-state index in [0.29, 0.717) is 25.5 Å². The molecule has 142 valence electrons. The molecule has 1 aromatic heterocycles. The molecule has 4 heterocycles. The fourth-order valence-electron chi connectivity index (χ4n) is 4.12. The summed E-state index contributed by atoms with van der Waals surface area (Å²) in [5.41, 5.74) is 0.512. The van der Waals surface area contributed by atoms with Crippen LogP contribution in [0.4, 0.5) is 0 Å². The number of ether oxygens (including phenoxy) is 2. The van der Waals surface area contributed by atoms with E-state index in [9.17, 15) is 9.59 Å². The van der Waals surface area contributed by atoms with Gasteiger partial charge in [-0.1, -0.05) is 0 Å². The molecule has 7 nitrogen and oxygen atoms in total. The van der Waals surface area contributed by atoms with E-state index in [-0.39, 0.29) is 30.1 Å². The summed E-state index contributed by atoms with van der Waals surface area (Å²) >= 11 is 0. The fourth-order valence-corrected chi connectivity index (χ4v) is 4.12. The maximum Gasteiger partial charge on any atom is 0.290 e. The van der Waals surface area contributed by atoms with Gasteiger partial charge in [-0.25, -0.2) is 0 Å². The van der Waals surface area contributed by atoms with Gasteiger partial charge in [-0.05, 0) is 32.3 Å². The molecule has 0 bridgehead atoms. The molecule has 1 spiro atoms. The first-order valence-electron chi connectivity index (χ1n) is 9.43. The molecule has 3 aliphatic rings. The Balaban J connectivity index is 1.27. The molecule has 0 N–H and O–H groups in total. The maximum atomic E-state index is 12.5. The van der Waals surface area contributed by atoms with E-state index in [0.717, 1.165) is 44.3 Å². The minimum atomic E-state index is -0.338. The smallest absolute Gasteiger partial charge is 0.290 e. The van der Waals surface area contributed by atoms with Crippen LogP contribution in [0.3, 0.4) is 0 Å². The van der Waals surface area contributed by atoms with Crippen LogP contribution in [0, 0.1) is 6.92 Å². The van der Waals surface area contributed by atoms with E-state index in [4.69, 9.17) is 13.9 Å². The Morgan fingerprint density at radius 3 is 2.73 bits per heavy atom. The second-order valence-corrected chi connectivity index (χ2v) is 7.64. The summed E-state index contributed by atoms with van der Waals surface area (Å²) in [5, 5.41) is 0. The van der Waals surface area contributed by atoms with Crippen molar-refractivity contribution in [3.63, 3.8) is 0 Å². The highest BCUT2D eigenvalue weighted by Crippen LogP contribution is 2.36. The molecule has 0 saturated carbocycles. The predicted molar refractivity (Wildman–Crippen MR) is 92.8 cm³/mol. The molecule has 2 amide bonds. The summed E-state index contributed by atoms with van der Waals surface area (Å²) in [6, 6.07) is 1.79. The Hall–Kier alpha value is -1.86. The maximum absolute atomic E-state index is 12.5. The van der Waals surface area contributed by atoms with Crippen molar-refractivity contribution in [2.24, 2.45) is 0 Å². The van der Waals surface area contributed by atoms with Crippen LogP contribution in [0.5, 0.6) is 0 Å². The Bertz CT molecular complexity index is 673. The van der Waals surface area contributed by atoms with Gasteiger partial charge in [-0.2, -0.15) is 0 Å². The van der Waals surface area contributed by atoms with Gasteiger partial charge in [-0.3, -0.25) is 9.59 Å². The zero-order valence-electron chi connectivity index (χ0n) is 15.2. The van der Waals surface area contributed by atoms with Gasteiger partial charge < -0.3 is 23.7 Å². The van der Waals surface area contributed by atoms with Gasteiger partial charge in [0.05, 0.1) is 25.5 Å². The van der Waals surface area contributed by atoms with Crippen molar-refractivity contribution in [1.82, 2.24) is 9.80 Å². The Labute approximate surface area is 153 Å². The molecule has 3 fully saturated rings. The van der Waals surface area contributed by atoms with Crippen LogP contribution in [-0.4, -0.2) is 72.7 Å². The van der Waals surface area contributed by atoms with Gasteiger partial charge in [0, 0.05) is 31.7 Å². The van der Waals surface area contributed by atoms with Crippen LogP contribution < -0.4 is 0 Å². The quantitative estimate of drug-likeness (QED) is 0.814. The van der Waals surface area contributed by atoms with Crippen LogP contribution in [0.25, 0.3) is 0 Å². The van der Waals surface area contributed by atoms with E-state index in [1.165, 1.54) is 6.26 Å². The Kier molecular flexibility index (Phi) is 4.75. The van der Waals surface area contributed by atoms with Gasteiger partial charge in [0.2, 0.25) is 5.91 Å². The van der Waals surface area contributed by atoms with E-state index < -0.39 is 0 Å². The van der Waals surface area contributed by atoms with Crippen molar-refractivity contribution in [1.29, 1.82) is 0 Å². The van der Waals surface area contributed by atoms with Gasteiger partial charge in [0.25, 0.3) is 5.91 Å². The number of amides is 2. The summed E-state index contributed by atoms with van der Waals surface area (Å²) in [7, 11) is 0. The number of nitrogens with zero attached hydrogens (tertiary/aromatic N) is 2. The van der Waals surface area contributed by atoms with E-state index in [2.05, 4.69) is 0 Å². The minimum absolute atomic E-state index is 0.0119. The lowest BCUT2D eigenvalue weighted by molar-refractivity contribution is -0.188. The summed E-state index contributed by atoms with van der Waals surface area (Å²) < 4.78 is 17.1. The van der Waals surface area contributed by atoms with Crippen molar-refractivity contribution in [3.8, 4) is 0 Å². The molecule has 7 heteroatoms. The number of carbonyl (C=O) groups excluding carboxylic acids is 2. The van der Waals surface area contributed by atoms with E-state index in [1.54, 1.807) is 11.0 Å². The van der Waals surface area contributed by atoms with Crippen LogP contribution in [-0.2, 0) is 14.3 Å². The van der Waals surface area contributed by atoms with Crippen LogP contribution in [0.15, 0.2) is 16.7 Å². The first-order valence-corrected chi connectivity index (χ1v) is 9.43. The fraction of sp³-hybridized carbons (Fsp3) is 0.684. The standard InChI is InChI=1S/C19H26N2O5/c1-14-4-8-24-17(14)18(23)21-12-19(13-21)10-15(5-9-26-19)25-11-16(22)20-6-2-3-7-20/h4,8,15H,2-3,5-7,9-13H2,1H3. The topological polar surface area (TPSA) is 72.2 Å². The lowest BCUT2D eigenvalue weighted by Gasteiger charge is -2.52. The van der Waals surface area contributed by atoms with Gasteiger partial charge in [0.1, 0.15) is 12.2 Å². The van der Waals surface area contributed by atoms with Crippen LogP contribution in [0.2, 0.25) is 0 Å². The van der Waals surface area contributed by atoms with Gasteiger partial charge in [-0.15, -0.1) is 0 Å². The molecule has 3 saturated heterocycles. The normalized spacial score (nSPS) is 24.7. The zero-order chi connectivity index (χ0) is 18.1. The number of carbonyl (C=O) groups is 2. The molecule has 0 radical (unpaired) electrons. The number of furan rings is 1. The molecule has 3 aliphatic heterocycles. The molecule has 1 unspecified atom stereocenters. The Morgan fingerprint density at radius 2 is 2.04 bits per heavy atom. The average molecular weight is 362 g/mol. The molecule has 0 aliphatic carbocycles.